The third-order valence-corrected chi connectivity index (χ3v) is 5.49. The van der Waals surface area contributed by atoms with Crippen molar-refractivity contribution in [3.63, 3.8) is 0 Å². The van der Waals surface area contributed by atoms with Crippen molar-refractivity contribution in [1.29, 1.82) is 0 Å². The zero-order chi connectivity index (χ0) is 17.4. The number of rotatable bonds is 4. The second-order valence-electron chi connectivity index (χ2n) is 5.74. The van der Waals surface area contributed by atoms with Crippen molar-refractivity contribution in [2.75, 3.05) is 0 Å². The van der Waals surface area contributed by atoms with Gasteiger partial charge in [-0.3, -0.25) is 0 Å². The van der Waals surface area contributed by atoms with Crippen LogP contribution >= 0.6 is 0 Å². The van der Waals surface area contributed by atoms with Crippen LogP contribution in [0.2, 0.25) is 0 Å². The molecule has 0 aliphatic rings. The second kappa shape index (κ2) is 6.37. The number of nitrogens with one attached hydrogen (secondary N) is 1. The van der Waals surface area contributed by atoms with Crippen LogP contribution in [0.3, 0.4) is 0 Å². The van der Waals surface area contributed by atoms with Gasteiger partial charge in [0.1, 0.15) is 0 Å². The first-order chi connectivity index (χ1) is 10.6. The fraction of sp³-hybridized carbons (Fsp3) is 0.294. The van der Waals surface area contributed by atoms with Crippen LogP contribution in [0.25, 0.3) is 0 Å². The van der Waals surface area contributed by atoms with E-state index in [0.29, 0.717) is 16.7 Å². The lowest BCUT2D eigenvalue weighted by atomic mass is 10.1. The number of sulfonamides is 1. The standard InChI is InChI=1S/C17H19F2NO2S/c1-10-7-11(2)17(12(3)8-10)23(21,22)20-13(4)14-5-6-15(18)16(19)9-14/h5-9,13,20H,1-4H3/t13-/m0/s1. The number of aryl methyl sites for hydroxylation is 3. The van der Waals surface area contributed by atoms with Gasteiger partial charge in [0.25, 0.3) is 0 Å². The van der Waals surface area contributed by atoms with Crippen LogP contribution in [0.15, 0.2) is 35.2 Å². The number of hydrogen-bond acceptors (Lipinski definition) is 2. The van der Waals surface area contributed by atoms with E-state index >= 15 is 0 Å². The molecule has 1 N–H and O–H groups in total. The lowest BCUT2D eigenvalue weighted by Crippen LogP contribution is -2.28. The quantitative estimate of drug-likeness (QED) is 0.917. The van der Waals surface area contributed by atoms with E-state index in [1.807, 2.05) is 6.92 Å². The maximum atomic E-state index is 13.3. The number of halogens is 2. The lowest BCUT2D eigenvalue weighted by Gasteiger charge is -2.18. The van der Waals surface area contributed by atoms with Gasteiger partial charge in [0.2, 0.25) is 10.0 Å². The molecule has 0 aromatic heterocycles. The molecule has 0 bridgehead atoms. The molecule has 0 fully saturated rings. The highest BCUT2D eigenvalue weighted by molar-refractivity contribution is 7.89. The van der Waals surface area contributed by atoms with Crippen molar-refractivity contribution in [2.24, 2.45) is 0 Å². The largest absolute Gasteiger partial charge is 0.241 e. The molecule has 1 atom stereocenters. The van der Waals surface area contributed by atoms with Gasteiger partial charge in [0, 0.05) is 6.04 Å². The molecule has 2 aromatic rings. The van der Waals surface area contributed by atoms with E-state index in [2.05, 4.69) is 4.72 Å². The predicted octanol–water partition coefficient (Wildman–Crippen LogP) is 3.93. The van der Waals surface area contributed by atoms with Gasteiger partial charge in [-0.15, -0.1) is 0 Å². The maximum Gasteiger partial charge on any atom is 0.241 e. The molecule has 3 nitrogen and oxygen atoms in total. The molecule has 2 rings (SSSR count). The molecular weight excluding hydrogens is 320 g/mol. The minimum atomic E-state index is -3.77. The van der Waals surface area contributed by atoms with Gasteiger partial charge in [0.05, 0.1) is 4.90 Å². The molecule has 0 radical (unpaired) electrons. The first kappa shape index (κ1) is 17.6. The predicted molar refractivity (Wildman–Crippen MR) is 85.7 cm³/mol. The van der Waals surface area contributed by atoms with Gasteiger partial charge in [-0.1, -0.05) is 23.8 Å². The van der Waals surface area contributed by atoms with Gasteiger partial charge in [-0.25, -0.2) is 21.9 Å². The van der Waals surface area contributed by atoms with Crippen LogP contribution in [0.5, 0.6) is 0 Å². The molecule has 0 aliphatic heterocycles. The summed E-state index contributed by atoms with van der Waals surface area (Å²) in [4.78, 5) is 0.220. The molecule has 0 unspecified atom stereocenters. The molecule has 0 spiro atoms. The summed E-state index contributed by atoms with van der Waals surface area (Å²) in [6.07, 6.45) is 0. The molecular formula is C17H19F2NO2S. The minimum Gasteiger partial charge on any atom is -0.207 e. The molecule has 0 saturated carbocycles. The minimum absolute atomic E-state index is 0.220. The summed E-state index contributed by atoms with van der Waals surface area (Å²) in [6.45, 7) is 6.95. The molecule has 0 amide bonds. The fourth-order valence-electron chi connectivity index (χ4n) is 2.73. The van der Waals surface area contributed by atoms with Crippen LogP contribution in [0.1, 0.15) is 35.2 Å². The zero-order valence-electron chi connectivity index (χ0n) is 13.4. The Labute approximate surface area is 135 Å². The van der Waals surface area contributed by atoms with E-state index < -0.39 is 27.7 Å². The van der Waals surface area contributed by atoms with Crippen molar-refractivity contribution >= 4 is 10.0 Å². The molecule has 0 saturated heterocycles. The first-order valence-electron chi connectivity index (χ1n) is 7.17. The van der Waals surface area contributed by atoms with E-state index in [9.17, 15) is 17.2 Å². The van der Waals surface area contributed by atoms with Crippen molar-refractivity contribution < 1.29 is 17.2 Å². The normalized spacial score (nSPS) is 13.1. The smallest absolute Gasteiger partial charge is 0.207 e. The average Bonchev–Trinajstić information content (AvgIpc) is 2.39. The van der Waals surface area contributed by atoms with Crippen molar-refractivity contribution in [1.82, 2.24) is 4.72 Å². The van der Waals surface area contributed by atoms with E-state index in [1.54, 1.807) is 32.9 Å². The Kier molecular flexibility index (Phi) is 4.87. The van der Waals surface area contributed by atoms with Crippen LogP contribution in [-0.4, -0.2) is 8.42 Å². The highest BCUT2D eigenvalue weighted by Crippen LogP contribution is 2.24. The molecule has 23 heavy (non-hydrogen) atoms. The highest BCUT2D eigenvalue weighted by Gasteiger charge is 2.23. The van der Waals surface area contributed by atoms with Crippen molar-refractivity contribution in [3.8, 4) is 0 Å². The van der Waals surface area contributed by atoms with Gasteiger partial charge in [0.15, 0.2) is 11.6 Å². The van der Waals surface area contributed by atoms with Crippen LogP contribution in [0, 0.1) is 32.4 Å². The van der Waals surface area contributed by atoms with Gasteiger partial charge < -0.3 is 0 Å². The molecule has 0 heterocycles. The maximum absolute atomic E-state index is 13.3. The highest BCUT2D eigenvalue weighted by atomic mass is 32.2. The van der Waals surface area contributed by atoms with Gasteiger partial charge >= 0.3 is 0 Å². The summed E-state index contributed by atoms with van der Waals surface area (Å²) in [7, 11) is -3.77. The Morgan fingerprint density at radius 1 is 0.957 bits per heavy atom. The van der Waals surface area contributed by atoms with E-state index in [0.717, 1.165) is 17.7 Å². The Morgan fingerprint density at radius 2 is 1.52 bits per heavy atom. The van der Waals surface area contributed by atoms with Crippen molar-refractivity contribution in [3.05, 3.63) is 64.2 Å². The molecule has 124 valence electrons. The monoisotopic (exact) mass is 339 g/mol. The third kappa shape index (κ3) is 3.76. The summed E-state index contributed by atoms with van der Waals surface area (Å²) < 4.78 is 54.1. The van der Waals surface area contributed by atoms with Crippen molar-refractivity contribution in [2.45, 2.75) is 38.6 Å². The molecule has 2 aromatic carbocycles. The lowest BCUT2D eigenvalue weighted by molar-refractivity contribution is 0.504. The summed E-state index contributed by atoms with van der Waals surface area (Å²) in [6, 6.07) is 6.25. The summed E-state index contributed by atoms with van der Waals surface area (Å²) >= 11 is 0. The van der Waals surface area contributed by atoms with Crippen LogP contribution in [-0.2, 0) is 10.0 Å². The van der Waals surface area contributed by atoms with Crippen LogP contribution in [0.4, 0.5) is 8.78 Å². The Morgan fingerprint density at radius 3 is 2.04 bits per heavy atom. The Hall–Kier alpha value is -1.79. The first-order valence-corrected chi connectivity index (χ1v) is 8.65. The van der Waals surface area contributed by atoms with Gasteiger partial charge in [-0.2, -0.15) is 0 Å². The number of benzene rings is 2. The summed E-state index contributed by atoms with van der Waals surface area (Å²) in [5.74, 6) is -1.97. The summed E-state index contributed by atoms with van der Waals surface area (Å²) in [5.41, 5.74) is 2.63. The number of hydrogen-bond donors (Lipinski definition) is 1. The zero-order valence-corrected chi connectivity index (χ0v) is 14.3. The second-order valence-corrected chi connectivity index (χ2v) is 7.40. The average molecular weight is 339 g/mol. The van der Waals surface area contributed by atoms with E-state index in [4.69, 9.17) is 0 Å². The SMILES string of the molecule is Cc1cc(C)c(S(=O)(=O)N[C@@H](C)c2ccc(F)c(F)c2)c(C)c1. The molecule has 6 heteroatoms. The fourth-order valence-corrected chi connectivity index (χ4v) is 4.42. The van der Waals surface area contributed by atoms with Gasteiger partial charge in [-0.05, 0) is 56.5 Å². The third-order valence-electron chi connectivity index (χ3n) is 3.65. The molecule has 0 aliphatic carbocycles. The summed E-state index contributed by atoms with van der Waals surface area (Å²) in [5, 5.41) is 0. The Balaban J connectivity index is 2.36. The van der Waals surface area contributed by atoms with E-state index in [-0.39, 0.29) is 4.90 Å². The Bertz CT molecular complexity index is 825. The van der Waals surface area contributed by atoms with E-state index in [1.165, 1.54) is 6.07 Å². The van der Waals surface area contributed by atoms with Crippen LogP contribution < -0.4 is 4.72 Å². The topological polar surface area (TPSA) is 46.2 Å².